The van der Waals surface area contributed by atoms with E-state index in [4.69, 9.17) is 5.10 Å². The van der Waals surface area contributed by atoms with Crippen LogP contribution in [0.15, 0.2) is 12.3 Å². The molecule has 3 nitrogen and oxygen atoms in total. The maximum absolute atomic E-state index is 4.88. The van der Waals surface area contributed by atoms with Crippen LogP contribution in [0, 0.1) is 5.41 Å². The molecule has 0 unspecified atom stereocenters. The molecule has 21 heavy (non-hydrogen) atoms. The highest BCUT2D eigenvalue weighted by atomic mass is 15.3. The highest BCUT2D eigenvalue weighted by Gasteiger charge is 2.34. The molecule has 120 valence electrons. The number of nitrogens with zero attached hydrogens (tertiary/aromatic N) is 2. The second-order valence-corrected chi connectivity index (χ2v) is 7.18. The molecule has 1 aliphatic carbocycles. The second kappa shape index (κ2) is 7.44. The molecule has 2 rings (SSSR count). The van der Waals surface area contributed by atoms with Crippen molar-refractivity contribution < 1.29 is 0 Å². The molecule has 1 heterocycles. The molecule has 3 heteroatoms. The first-order valence-corrected chi connectivity index (χ1v) is 8.86. The highest BCUT2D eigenvalue weighted by molar-refractivity contribution is 5.06. The van der Waals surface area contributed by atoms with Crippen molar-refractivity contribution in [2.75, 3.05) is 6.54 Å². The van der Waals surface area contributed by atoms with Crippen molar-refractivity contribution in [1.82, 2.24) is 15.1 Å². The predicted octanol–water partition coefficient (Wildman–Crippen LogP) is 4.35. The van der Waals surface area contributed by atoms with E-state index in [-0.39, 0.29) is 0 Å². The van der Waals surface area contributed by atoms with Crippen LogP contribution in [0.4, 0.5) is 0 Å². The SMILES string of the molecule is CCC(CC)n1ccc(CC2(CNC(C)C)CCCC2)n1. The summed E-state index contributed by atoms with van der Waals surface area (Å²) in [7, 11) is 0. The number of nitrogens with one attached hydrogen (secondary N) is 1. The molecule has 0 saturated heterocycles. The Morgan fingerprint density at radius 3 is 2.48 bits per heavy atom. The van der Waals surface area contributed by atoms with Gasteiger partial charge in [0.05, 0.1) is 11.7 Å². The monoisotopic (exact) mass is 291 g/mol. The molecule has 0 amide bonds. The van der Waals surface area contributed by atoms with Crippen molar-refractivity contribution in [2.24, 2.45) is 5.41 Å². The standard InChI is InChI=1S/C18H33N3/c1-5-17(6-2)21-12-9-16(20-21)13-18(10-7-8-11-18)14-19-15(3)4/h9,12,15,17,19H,5-8,10-11,13-14H2,1-4H3. The van der Waals surface area contributed by atoms with Crippen molar-refractivity contribution in [3.05, 3.63) is 18.0 Å². The van der Waals surface area contributed by atoms with Crippen LogP contribution >= 0.6 is 0 Å². The maximum Gasteiger partial charge on any atom is 0.0630 e. The van der Waals surface area contributed by atoms with Crippen molar-refractivity contribution in [2.45, 2.75) is 84.7 Å². The number of aromatic nitrogens is 2. The van der Waals surface area contributed by atoms with Crippen molar-refractivity contribution in [3.63, 3.8) is 0 Å². The van der Waals surface area contributed by atoms with Crippen LogP contribution in [0.5, 0.6) is 0 Å². The Morgan fingerprint density at radius 1 is 1.24 bits per heavy atom. The Balaban J connectivity index is 2.03. The topological polar surface area (TPSA) is 29.9 Å². The number of hydrogen-bond donors (Lipinski definition) is 1. The quantitative estimate of drug-likeness (QED) is 0.772. The molecule has 1 aromatic heterocycles. The van der Waals surface area contributed by atoms with Gasteiger partial charge in [-0.2, -0.15) is 5.10 Å². The number of rotatable bonds is 8. The Labute approximate surface area is 130 Å². The minimum absolute atomic E-state index is 0.442. The maximum atomic E-state index is 4.88. The molecule has 1 saturated carbocycles. The normalized spacial score (nSPS) is 18.0. The summed E-state index contributed by atoms with van der Waals surface area (Å²) in [5.41, 5.74) is 1.73. The fourth-order valence-corrected chi connectivity index (χ4v) is 3.68. The first-order valence-electron chi connectivity index (χ1n) is 8.86. The molecule has 0 spiro atoms. The van der Waals surface area contributed by atoms with Crippen LogP contribution in [0.3, 0.4) is 0 Å². The van der Waals surface area contributed by atoms with Gasteiger partial charge in [-0.25, -0.2) is 0 Å². The lowest BCUT2D eigenvalue weighted by molar-refractivity contribution is 0.265. The van der Waals surface area contributed by atoms with E-state index < -0.39 is 0 Å². The average Bonchev–Trinajstić information content (AvgIpc) is 3.09. The van der Waals surface area contributed by atoms with Gasteiger partial charge in [0.25, 0.3) is 0 Å². The van der Waals surface area contributed by atoms with Gasteiger partial charge in [-0.05, 0) is 43.6 Å². The van der Waals surface area contributed by atoms with Crippen LogP contribution < -0.4 is 5.32 Å². The lowest BCUT2D eigenvalue weighted by Gasteiger charge is -2.30. The van der Waals surface area contributed by atoms with Gasteiger partial charge < -0.3 is 5.32 Å². The average molecular weight is 291 g/mol. The zero-order chi connectivity index (χ0) is 15.3. The van der Waals surface area contributed by atoms with Crippen LogP contribution in [0.1, 0.15) is 78.0 Å². The zero-order valence-electron chi connectivity index (χ0n) is 14.4. The second-order valence-electron chi connectivity index (χ2n) is 7.18. The zero-order valence-corrected chi connectivity index (χ0v) is 14.4. The summed E-state index contributed by atoms with van der Waals surface area (Å²) < 4.78 is 2.19. The molecular weight excluding hydrogens is 258 g/mol. The van der Waals surface area contributed by atoms with Gasteiger partial charge in [0.15, 0.2) is 0 Å². The van der Waals surface area contributed by atoms with E-state index in [1.54, 1.807) is 0 Å². The van der Waals surface area contributed by atoms with Crippen LogP contribution in [0.2, 0.25) is 0 Å². The van der Waals surface area contributed by atoms with Gasteiger partial charge in [-0.1, -0.05) is 40.5 Å². The molecule has 0 aromatic carbocycles. The van der Waals surface area contributed by atoms with Gasteiger partial charge in [-0.15, -0.1) is 0 Å². The van der Waals surface area contributed by atoms with Crippen LogP contribution in [-0.2, 0) is 6.42 Å². The summed E-state index contributed by atoms with van der Waals surface area (Å²) in [6.07, 6.45) is 11.1. The fraction of sp³-hybridized carbons (Fsp3) is 0.833. The van der Waals surface area contributed by atoms with Gasteiger partial charge in [0.2, 0.25) is 0 Å². The summed E-state index contributed by atoms with van der Waals surface area (Å²) in [5, 5.41) is 8.54. The molecule has 0 radical (unpaired) electrons. The summed E-state index contributed by atoms with van der Waals surface area (Å²) in [4.78, 5) is 0. The first-order chi connectivity index (χ1) is 10.1. The molecule has 1 fully saturated rings. The van der Waals surface area contributed by atoms with E-state index in [1.807, 2.05) is 0 Å². The van der Waals surface area contributed by atoms with Gasteiger partial charge in [-0.3, -0.25) is 4.68 Å². The van der Waals surface area contributed by atoms with E-state index in [2.05, 4.69) is 50.0 Å². The van der Waals surface area contributed by atoms with E-state index in [0.29, 0.717) is 17.5 Å². The molecule has 0 bridgehead atoms. The predicted molar refractivity (Wildman–Crippen MR) is 89.6 cm³/mol. The van der Waals surface area contributed by atoms with E-state index >= 15 is 0 Å². The lowest BCUT2D eigenvalue weighted by Crippen LogP contribution is -2.37. The third kappa shape index (κ3) is 4.32. The van der Waals surface area contributed by atoms with Gasteiger partial charge >= 0.3 is 0 Å². The molecule has 1 N–H and O–H groups in total. The molecule has 1 aromatic rings. The molecule has 0 aliphatic heterocycles. The molecule has 0 atom stereocenters. The third-order valence-corrected chi connectivity index (χ3v) is 5.09. The van der Waals surface area contributed by atoms with E-state index in [0.717, 1.165) is 25.8 Å². The fourth-order valence-electron chi connectivity index (χ4n) is 3.68. The van der Waals surface area contributed by atoms with Gasteiger partial charge in [0, 0.05) is 18.8 Å². The lowest BCUT2D eigenvalue weighted by atomic mass is 9.81. The summed E-state index contributed by atoms with van der Waals surface area (Å²) in [6.45, 7) is 10.1. The first kappa shape index (κ1) is 16.5. The number of hydrogen-bond acceptors (Lipinski definition) is 2. The summed E-state index contributed by atoms with van der Waals surface area (Å²) in [5.74, 6) is 0. The van der Waals surface area contributed by atoms with Gasteiger partial charge in [0.1, 0.15) is 0 Å². The van der Waals surface area contributed by atoms with Crippen LogP contribution in [-0.4, -0.2) is 22.4 Å². The Morgan fingerprint density at radius 2 is 1.90 bits per heavy atom. The molecular formula is C18H33N3. The van der Waals surface area contributed by atoms with Crippen molar-refractivity contribution >= 4 is 0 Å². The van der Waals surface area contributed by atoms with E-state index in [9.17, 15) is 0 Å². The summed E-state index contributed by atoms with van der Waals surface area (Å²) >= 11 is 0. The largest absolute Gasteiger partial charge is 0.314 e. The third-order valence-electron chi connectivity index (χ3n) is 5.09. The van der Waals surface area contributed by atoms with E-state index in [1.165, 1.54) is 31.4 Å². The Hall–Kier alpha value is -0.830. The van der Waals surface area contributed by atoms with Crippen LogP contribution in [0.25, 0.3) is 0 Å². The highest BCUT2D eigenvalue weighted by Crippen LogP contribution is 2.40. The smallest absolute Gasteiger partial charge is 0.0630 e. The van der Waals surface area contributed by atoms with Crippen molar-refractivity contribution in [3.8, 4) is 0 Å². The minimum Gasteiger partial charge on any atom is -0.314 e. The molecule has 1 aliphatic rings. The van der Waals surface area contributed by atoms with Crippen molar-refractivity contribution in [1.29, 1.82) is 0 Å². The Kier molecular flexibility index (Phi) is 5.86. The summed E-state index contributed by atoms with van der Waals surface area (Å²) in [6, 6.07) is 3.38. The Bertz CT molecular complexity index is 412. The minimum atomic E-state index is 0.442.